The van der Waals surface area contributed by atoms with E-state index in [-0.39, 0.29) is 24.1 Å². The lowest BCUT2D eigenvalue weighted by Gasteiger charge is -2.12. The molecule has 0 saturated heterocycles. The van der Waals surface area contributed by atoms with Gasteiger partial charge in [-0.05, 0) is 61.0 Å². The Bertz CT molecular complexity index is 996. The van der Waals surface area contributed by atoms with Gasteiger partial charge in [0.25, 0.3) is 5.91 Å². The van der Waals surface area contributed by atoms with Gasteiger partial charge in [-0.2, -0.15) is 0 Å². The van der Waals surface area contributed by atoms with Crippen LogP contribution in [0.5, 0.6) is 5.75 Å². The highest BCUT2D eigenvalue weighted by atomic mass is 19.1. The van der Waals surface area contributed by atoms with E-state index < -0.39 is 5.91 Å². The molecule has 0 radical (unpaired) electrons. The minimum atomic E-state index is -0.420. The largest absolute Gasteiger partial charge is 0.486 e. The summed E-state index contributed by atoms with van der Waals surface area (Å²) in [6.07, 6.45) is 0. The van der Waals surface area contributed by atoms with Crippen molar-refractivity contribution in [2.75, 3.05) is 10.6 Å². The molecule has 0 spiro atoms. The predicted molar refractivity (Wildman–Crippen MR) is 103 cm³/mol. The molecule has 2 aromatic carbocycles. The van der Waals surface area contributed by atoms with E-state index in [1.54, 1.807) is 37.3 Å². The topological polar surface area (TPSA) is 80.6 Å². The zero-order chi connectivity index (χ0) is 20.1. The molecule has 28 heavy (non-hydrogen) atoms. The van der Waals surface area contributed by atoms with Crippen molar-refractivity contribution >= 4 is 23.2 Å². The van der Waals surface area contributed by atoms with E-state index in [1.165, 1.54) is 31.2 Å². The summed E-state index contributed by atoms with van der Waals surface area (Å²) in [5.74, 6) is 0.121. The van der Waals surface area contributed by atoms with Gasteiger partial charge in [-0.1, -0.05) is 6.07 Å². The summed E-state index contributed by atoms with van der Waals surface area (Å²) >= 11 is 0. The lowest BCUT2D eigenvalue weighted by molar-refractivity contribution is -0.114. The van der Waals surface area contributed by atoms with Crippen LogP contribution in [0.4, 0.5) is 15.8 Å². The highest BCUT2D eigenvalue weighted by Crippen LogP contribution is 2.24. The molecule has 0 aliphatic heterocycles. The maximum absolute atomic E-state index is 12.9. The molecule has 0 unspecified atom stereocenters. The molecule has 0 aliphatic rings. The van der Waals surface area contributed by atoms with E-state index >= 15 is 0 Å². The monoisotopic (exact) mass is 382 g/mol. The number of hydrogen-bond acceptors (Lipinski definition) is 4. The lowest BCUT2D eigenvalue weighted by Crippen LogP contribution is -2.13. The van der Waals surface area contributed by atoms with Crippen LogP contribution in [0.1, 0.15) is 28.8 Å². The first kappa shape index (κ1) is 19.2. The van der Waals surface area contributed by atoms with Crippen molar-refractivity contribution in [1.82, 2.24) is 0 Å². The molecule has 0 aliphatic carbocycles. The van der Waals surface area contributed by atoms with Crippen molar-refractivity contribution in [3.8, 4) is 5.75 Å². The first-order chi connectivity index (χ1) is 13.4. The molecule has 1 heterocycles. The summed E-state index contributed by atoms with van der Waals surface area (Å²) in [7, 11) is 0. The molecule has 0 saturated carbocycles. The van der Waals surface area contributed by atoms with Crippen LogP contribution in [0.25, 0.3) is 0 Å². The van der Waals surface area contributed by atoms with Gasteiger partial charge in [0.2, 0.25) is 5.91 Å². The van der Waals surface area contributed by atoms with Gasteiger partial charge in [0.1, 0.15) is 23.9 Å². The Balaban J connectivity index is 1.64. The fraction of sp³-hybridized carbons (Fsp3) is 0.143. The van der Waals surface area contributed by atoms with Crippen molar-refractivity contribution in [1.29, 1.82) is 0 Å². The van der Waals surface area contributed by atoms with Gasteiger partial charge in [-0.15, -0.1) is 0 Å². The Morgan fingerprint density at radius 3 is 2.36 bits per heavy atom. The minimum Gasteiger partial charge on any atom is -0.486 e. The van der Waals surface area contributed by atoms with Gasteiger partial charge in [-0.3, -0.25) is 9.59 Å². The first-order valence-electron chi connectivity index (χ1n) is 8.58. The number of anilines is 2. The third kappa shape index (κ3) is 4.76. The van der Waals surface area contributed by atoms with Crippen molar-refractivity contribution in [2.24, 2.45) is 0 Å². The molecular weight excluding hydrogens is 363 g/mol. The fourth-order valence-corrected chi connectivity index (χ4v) is 2.54. The van der Waals surface area contributed by atoms with Crippen molar-refractivity contribution < 1.29 is 23.1 Å². The standard InChI is InChI=1S/C21H19FN2O4/c1-13-18(23-14(2)25)4-3-5-19(13)24-21(26)20-11-10-17(28-20)12-27-16-8-6-15(22)7-9-16/h3-11H,12H2,1-2H3,(H,23,25)(H,24,26). The second-order valence-electron chi connectivity index (χ2n) is 6.12. The fourth-order valence-electron chi connectivity index (χ4n) is 2.54. The smallest absolute Gasteiger partial charge is 0.291 e. The van der Waals surface area contributed by atoms with Crippen molar-refractivity contribution in [3.05, 3.63) is 77.5 Å². The number of hydrogen-bond donors (Lipinski definition) is 2. The average Bonchev–Trinajstić information content (AvgIpc) is 3.13. The second kappa shape index (κ2) is 8.39. The first-order valence-corrected chi connectivity index (χ1v) is 8.58. The summed E-state index contributed by atoms with van der Waals surface area (Å²) in [5.41, 5.74) is 1.92. The van der Waals surface area contributed by atoms with Crippen LogP contribution in [0.15, 0.2) is 59.0 Å². The zero-order valence-corrected chi connectivity index (χ0v) is 15.4. The Labute approximate surface area is 161 Å². The third-order valence-corrected chi connectivity index (χ3v) is 3.97. The van der Waals surface area contributed by atoms with Crippen LogP contribution >= 0.6 is 0 Å². The molecular formula is C21H19FN2O4. The van der Waals surface area contributed by atoms with Gasteiger partial charge in [-0.25, -0.2) is 4.39 Å². The second-order valence-corrected chi connectivity index (χ2v) is 6.12. The predicted octanol–water partition coefficient (Wildman–Crippen LogP) is 4.52. The third-order valence-electron chi connectivity index (χ3n) is 3.97. The van der Waals surface area contributed by atoms with Crippen molar-refractivity contribution in [2.45, 2.75) is 20.5 Å². The van der Waals surface area contributed by atoms with E-state index in [9.17, 15) is 14.0 Å². The Hall–Kier alpha value is -3.61. The van der Waals surface area contributed by atoms with Crippen LogP contribution in [-0.4, -0.2) is 11.8 Å². The maximum atomic E-state index is 12.9. The van der Waals surface area contributed by atoms with E-state index in [4.69, 9.17) is 9.15 Å². The summed E-state index contributed by atoms with van der Waals surface area (Å²) in [6.45, 7) is 3.32. The van der Waals surface area contributed by atoms with E-state index in [0.717, 1.165) is 5.56 Å². The molecule has 0 fully saturated rings. The average molecular weight is 382 g/mol. The number of amides is 2. The maximum Gasteiger partial charge on any atom is 0.291 e. The SMILES string of the molecule is CC(=O)Nc1cccc(NC(=O)c2ccc(COc3ccc(F)cc3)o2)c1C. The number of ether oxygens (including phenoxy) is 1. The molecule has 2 amide bonds. The Kier molecular flexibility index (Phi) is 5.74. The van der Waals surface area contributed by atoms with Crippen LogP contribution < -0.4 is 15.4 Å². The van der Waals surface area contributed by atoms with Crippen LogP contribution in [0, 0.1) is 12.7 Å². The Morgan fingerprint density at radius 1 is 1.00 bits per heavy atom. The lowest BCUT2D eigenvalue weighted by atomic mass is 10.1. The van der Waals surface area contributed by atoms with Crippen LogP contribution in [-0.2, 0) is 11.4 Å². The van der Waals surface area contributed by atoms with Crippen LogP contribution in [0.3, 0.4) is 0 Å². The molecule has 6 nitrogen and oxygen atoms in total. The van der Waals surface area contributed by atoms with Gasteiger partial charge in [0.15, 0.2) is 5.76 Å². The number of nitrogens with one attached hydrogen (secondary N) is 2. The molecule has 2 N–H and O–H groups in total. The molecule has 3 aromatic rings. The highest BCUT2D eigenvalue weighted by Gasteiger charge is 2.14. The molecule has 3 rings (SSSR count). The summed E-state index contributed by atoms with van der Waals surface area (Å²) < 4.78 is 23.9. The quantitative estimate of drug-likeness (QED) is 0.657. The number of rotatable bonds is 6. The van der Waals surface area contributed by atoms with Gasteiger partial charge >= 0.3 is 0 Å². The zero-order valence-electron chi connectivity index (χ0n) is 15.4. The minimum absolute atomic E-state index is 0.107. The number of benzene rings is 2. The molecule has 0 atom stereocenters. The molecule has 144 valence electrons. The number of halogens is 1. The van der Waals surface area contributed by atoms with Gasteiger partial charge in [0, 0.05) is 18.3 Å². The normalized spacial score (nSPS) is 10.4. The van der Waals surface area contributed by atoms with Crippen LogP contribution in [0.2, 0.25) is 0 Å². The summed E-state index contributed by atoms with van der Waals surface area (Å²) in [5, 5.41) is 5.48. The highest BCUT2D eigenvalue weighted by molar-refractivity contribution is 6.03. The van der Waals surface area contributed by atoms with E-state index in [2.05, 4.69) is 10.6 Å². The summed E-state index contributed by atoms with van der Waals surface area (Å²) in [6, 6.07) is 14.0. The Morgan fingerprint density at radius 2 is 1.68 bits per heavy atom. The van der Waals surface area contributed by atoms with E-state index in [1.807, 2.05) is 0 Å². The van der Waals surface area contributed by atoms with E-state index in [0.29, 0.717) is 22.9 Å². The number of carbonyl (C=O) groups is 2. The number of carbonyl (C=O) groups excluding carboxylic acids is 2. The van der Waals surface area contributed by atoms with Gasteiger partial charge in [0.05, 0.1) is 0 Å². The van der Waals surface area contributed by atoms with Gasteiger partial charge < -0.3 is 19.8 Å². The number of furan rings is 1. The molecule has 1 aromatic heterocycles. The summed E-state index contributed by atoms with van der Waals surface area (Å²) in [4.78, 5) is 23.7. The van der Waals surface area contributed by atoms with Crippen molar-refractivity contribution in [3.63, 3.8) is 0 Å². The molecule has 7 heteroatoms. The molecule has 0 bridgehead atoms.